The average Bonchev–Trinajstić information content (AvgIpc) is 3.48. The Labute approximate surface area is 179 Å². The van der Waals surface area contributed by atoms with Crippen molar-refractivity contribution in [3.63, 3.8) is 0 Å². The lowest BCUT2D eigenvalue weighted by atomic mass is 9.98. The SMILES string of the molecule is O=C(Oc1ccc(CCSc2ncc[nH]2)cc1)N1CCC(COn2cccn2)CC1. The van der Waals surface area contributed by atoms with Crippen LogP contribution in [-0.2, 0) is 6.42 Å². The van der Waals surface area contributed by atoms with Crippen LogP contribution in [0.1, 0.15) is 18.4 Å². The van der Waals surface area contributed by atoms with Crippen molar-refractivity contribution in [2.24, 2.45) is 5.92 Å². The number of piperidine rings is 1. The summed E-state index contributed by atoms with van der Waals surface area (Å²) in [6.07, 6.45) is 9.45. The lowest BCUT2D eigenvalue weighted by molar-refractivity contribution is 0.0366. The fourth-order valence-corrected chi connectivity index (χ4v) is 4.10. The number of amides is 1. The van der Waals surface area contributed by atoms with Crippen LogP contribution in [0.2, 0.25) is 0 Å². The minimum Gasteiger partial charge on any atom is -0.410 e. The molecule has 0 saturated carbocycles. The third-order valence-electron chi connectivity index (χ3n) is 5.03. The van der Waals surface area contributed by atoms with Gasteiger partial charge in [-0.15, -0.1) is 9.94 Å². The van der Waals surface area contributed by atoms with Crippen LogP contribution in [0.15, 0.2) is 60.3 Å². The number of aromatic amines is 1. The number of imidazole rings is 1. The summed E-state index contributed by atoms with van der Waals surface area (Å²) >= 11 is 1.69. The van der Waals surface area contributed by atoms with Gasteiger partial charge in [0.1, 0.15) is 12.4 Å². The Morgan fingerprint density at radius 1 is 1.20 bits per heavy atom. The van der Waals surface area contributed by atoms with E-state index >= 15 is 0 Å². The number of carbonyl (C=O) groups is 1. The van der Waals surface area contributed by atoms with Gasteiger partial charge in [-0.3, -0.25) is 0 Å². The molecule has 158 valence electrons. The number of thioether (sulfide) groups is 1. The molecule has 0 atom stereocenters. The normalized spacial score (nSPS) is 14.6. The molecule has 1 fully saturated rings. The largest absolute Gasteiger partial charge is 0.415 e. The molecule has 2 aromatic heterocycles. The third-order valence-corrected chi connectivity index (χ3v) is 5.93. The van der Waals surface area contributed by atoms with Gasteiger partial charge in [-0.1, -0.05) is 23.9 Å². The topological polar surface area (TPSA) is 85.3 Å². The first-order valence-corrected chi connectivity index (χ1v) is 11.1. The molecule has 1 aliphatic rings. The highest BCUT2D eigenvalue weighted by Crippen LogP contribution is 2.20. The highest BCUT2D eigenvalue weighted by atomic mass is 32.2. The van der Waals surface area contributed by atoms with E-state index in [1.807, 2.05) is 36.5 Å². The van der Waals surface area contributed by atoms with Crippen molar-refractivity contribution in [3.8, 4) is 5.75 Å². The van der Waals surface area contributed by atoms with Gasteiger partial charge >= 0.3 is 6.09 Å². The summed E-state index contributed by atoms with van der Waals surface area (Å²) in [6.45, 7) is 1.95. The Bertz CT molecular complexity index is 891. The van der Waals surface area contributed by atoms with Crippen LogP contribution in [-0.4, -0.2) is 56.4 Å². The number of aryl methyl sites for hydroxylation is 1. The number of likely N-dealkylation sites (tertiary alicyclic amines) is 1. The number of aromatic nitrogens is 4. The molecule has 9 heteroatoms. The first kappa shape index (κ1) is 20.3. The summed E-state index contributed by atoms with van der Waals surface area (Å²) in [6, 6.07) is 9.55. The minimum atomic E-state index is -0.289. The standard InChI is InChI=1S/C21H25N5O3S/c27-21(25-13-6-18(7-14-25)16-28-26-12-1-9-24-26)29-19-4-2-17(3-5-19)8-15-30-20-22-10-11-23-20/h1-5,9-12,18H,6-8,13-16H2,(H,22,23). The highest BCUT2D eigenvalue weighted by Gasteiger charge is 2.24. The molecule has 0 bridgehead atoms. The number of benzene rings is 1. The van der Waals surface area contributed by atoms with Gasteiger partial charge in [-0.05, 0) is 48.9 Å². The van der Waals surface area contributed by atoms with E-state index in [2.05, 4.69) is 15.1 Å². The molecule has 1 amide bonds. The predicted molar refractivity (Wildman–Crippen MR) is 113 cm³/mol. The zero-order chi connectivity index (χ0) is 20.6. The minimum absolute atomic E-state index is 0.289. The van der Waals surface area contributed by atoms with Gasteiger partial charge in [0.05, 0.1) is 12.4 Å². The Balaban J connectivity index is 1.16. The number of H-pyrrole nitrogens is 1. The summed E-state index contributed by atoms with van der Waals surface area (Å²) in [4.78, 5) is 28.6. The zero-order valence-corrected chi connectivity index (χ0v) is 17.5. The van der Waals surface area contributed by atoms with Gasteiger partial charge < -0.3 is 19.5 Å². The van der Waals surface area contributed by atoms with Crippen LogP contribution in [0, 0.1) is 5.92 Å². The van der Waals surface area contributed by atoms with Crippen molar-refractivity contribution in [1.29, 1.82) is 0 Å². The maximum absolute atomic E-state index is 12.5. The van der Waals surface area contributed by atoms with Gasteiger partial charge in [0, 0.05) is 31.2 Å². The van der Waals surface area contributed by atoms with Crippen LogP contribution in [0.3, 0.4) is 0 Å². The second-order valence-corrected chi connectivity index (χ2v) is 8.22. The number of hydrogen-bond donors (Lipinski definition) is 1. The number of nitrogens with zero attached hydrogens (tertiary/aromatic N) is 4. The van der Waals surface area contributed by atoms with Crippen LogP contribution in [0.25, 0.3) is 0 Å². The summed E-state index contributed by atoms with van der Waals surface area (Å²) in [7, 11) is 0. The predicted octanol–water partition coefficient (Wildman–Crippen LogP) is 3.28. The molecule has 3 aromatic rings. The smallest absolute Gasteiger partial charge is 0.410 e. The fourth-order valence-electron chi connectivity index (χ4n) is 3.28. The molecule has 1 aromatic carbocycles. The summed E-state index contributed by atoms with van der Waals surface area (Å²) in [5.41, 5.74) is 1.20. The summed E-state index contributed by atoms with van der Waals surface area (Å²) < 4.78 is 5.55. The Hall–Kier alpha value is -2.94. The first-order chi connectivity index (χ1) is 14.8. The molecule has 4 rings (SSSR count). The zero-order valence-electron chi connectivity index (χ0n) is 16.6. The summed E-state index contributed by atoms with van der Waals surface area (Å²) in [5.74, 6) is 1.93. The Morgan fingerprint density at radius 3 is 2.73 bits per heavy atom. The van der Waals surface area contributed by atoms with Crippen molar-refractivity contribution in [3.05, 3.63) is 60.7 Å². The van der Waals surface area contributed by atoms with Crippen LogP contribution in [0.5, 0.6) is 5.75 Å². The number of nitrogens with one attached hydrogen (secondary N) is 1. The van der Waals surface area contributed by atoms with Gasteiger partial charge in [0.15, 0.2) is 5.16 Å². The summed E-state index contributed by atoms with van der Waals surface area (Å²) in [5, 5.41) is 4.96. The number of rotatable bonds is 8. The average molecular weight is 428 g/mol. The Kier molecular flexibility index (Phi) is 6.91. The van der Waals surface area contributed by atoms with E-state index in [4.69, 9.17) is 9.57 Å². The van der Waals surface area contributed by atoms with E-state index in [0.717, 1.165) is 30.2 Å². The lowest BCUT2D eigenvalue weighted by Crippen LogP contribution is -2.41. The van der Waals surface area contributed by atoms with Gasteiger partial charge in [0.25, 0.3) is 0 Å². The van der Waals surface area contributed by atoms with Crippen LogP contribution < -0.4 is 9.57 Å². The van der Waals surface area contributed by atoms with Crippen molar-refractivity contribution < 1.29 is 14.4 Å². The molecule has 0 aliphatic carbocycles. The van der Waals surface area contributed by atoms with E-state index < -0.39 is 0 Å². The number of ether oxygens (including phenoxy) is 1. The number of carbonyl (C=O) groups excluding carboxylic acids is 1. The van der Waals surface area contributed by atoms with Gasteiger partial charge in [-0.2, -0.15) is 0 Å². The van der Waals surface area contributed by atoms with E-state index in [0.29, 0.717) is 31.4 Å². The van der Waals surface area contributed by atoms with E-state index in [1.54, 1.807) is 35.3 Å². The molecule has 1 N–H and O–H groups in total. The highest BCUT2D eigenvalue weighted by molar-refractivity contribution is 7.99. The third kappa shape index (κ3) is 5.79. The van der Waals surface area contributed by atoms with Crippen molar-refractivity contribution >= 4 is 17.9 Å². The molecular weight excluding hydrogens is 402 g/mol. The van der Waals surface area contributed by atoms with Crippen molar-refractivity contribution in [1.82, 2.24) is 24.8 Å². The van der Waals surface area contributed by atoms with E-state index in [1.165, 1.54) is 10.4 Å². The van der Waals surface area contributed by atoms with E-state index in [-0.39, 0.29) is 6.09 Å². The van der Waals surface area contributed by atoms with Gasteiger partial charge in [-0.25, -0.2) is 9.78 Å². The van der Waals surface area contributed by atoms with E-state index in [9.17, 15) is 4.79 Å². The maximum Gasteiger partial charge on any atom is 0.415 e. The molecular formula is C21H25N5O3S. The molecule has 8 nitrogen and oxygen atoms in total. The quantitative estimate of drug-likeness (QED) is 0.556. The molecule has 0 radical (unpaired) electrons. The van der Waals surface area contributed by atoms with Gasteiger partial charge in [0.2, 0.25) is 0 Å². The van der Waals surface area contributed by atoms with Crippen molar-refractivity contribution in [2.45, 2.75) is 24.4 Å². The second-order valence-electron chi connectivity index (χ2n) is 7.14. The fraction of sp³-hybridized carbons (Fsp3) is 0.381. The molecule has 0 unspecified atom stereocenters. The molecule has 30 heavy (non-hydrogen) atoms. The number of hydrogen-bond acceptors (Lipinski definition) is 6. The molecule has 3 heterocycles. The van der Waals surface area contributed by atoms with Crippen LogP contribution in [0.4, 0.5) is 4.79 Å². The van der Waals surface area contributed by atoms with Crippen LogP contribution >= 0.6 is 11.8 Å². The molecule has 1 aliphatic heterocycles. The second kappa shape index (κ2) is 10.2. The molecule has 1 saturated heterocycles. The Morgan fingerprint density at radius 2 is 2.03 bits per heavy atom. The maximum atomic E-state index is 12.5. The first-order valence-electron chi connectivity index (χ1n) is 10.1. The lowest BCUT2D eigenvalue weighted by Gasteiger charge is -2.30. The monoisotopic (exact) mass is 427 g/mol. The molecule has 0 spiro atoms. The van der Waals surface area contributed by atoms with Crippen molar-refractivity contribution in [2.75, 3.05) is 25.4 Å².